The van der Waals surface area contributed by atoms with E-state index in [2.05, 4.69) is 5.32 Å². The number of ether oxygens (including phenoxy) is 1. The monoisotopic (exact) mass is 492 g/mol. The van der Waals surface area contributed by atoms with E-state index in [-0.39, 0.29) is 16.7 Å². The van der Waals surface area contributed by atoms with Crippen LogP contribution in [0.5, 0.6) is 0 Å². The van der Waals surface area contributed by atoms with Gasteiger partial charge in [0.25, 0.3) is 17.7 Å². The van der Waals surface area contributed by atoms with Crippen molar-refractivity contribution in [1.82, 2.24) is 0 Å². The molecule has 0 radical (unpaired) electrons. The molecule has 7 nitrogen and oxygen atoms in total. The first-order valence-electron chi connectivity index (χ1n) is 11.8. The molecule has 0 unspecified atom stereocenters. The fraction of sp³-hybridized carbons (Fsp3) is 0.133. The average molecular weight is 493 g/mol. The number of nitrogens with zero attached hydrogens (tertiary/aromatic N) is 1. The Morgan fingerprint density at radius 1 is 0.811 bits per heavy atom. The molecule has 1 atom stereocenters. The number of carbonyl (C=O) groups is 4. The molecule has 0 bridgehead atoms. The molecule has 1 aliphatic rings. The van der Waals surface area contributed by atoms with Crippen LogP contribution in [0, 0.1) is 13.8 Å². The Balaban J connectivity index is 1.31. The zero-order valence-electron chi connectivity index (χ0n) is 20.6. The number of amides is 3. The normalized spacial score (nSPS) is 13.4. The standard InChI is InChI=1S/C30H24N2O5/c1-17-8-9-18(2)26(14-17)32-28(34)24-13-11-22(16-25(24)29(32)35)30(36)37-19(3)27(33)31-23-12-10-20-6-4-5-7-21(20)15-23/h4-16,19H,1-3H3,(H,31,33)/t19-/m0/s1. The van der Waals surface area contributed by atoms with E-state index in [0.717, 1.165) is 26.8 Å². The Hall–Kier alpha value is -4.78. The van der Waals surface area contributed by atoms with E-state index < -0.39 is 29.8 Å². The van der Waals surface area contributed by atoms with Gasteiger partial charge in [0.1, 0.15) is 0 Å². The van der Waals surface area contributed by atoms with Gasteiger partial charge in [-0.3, -0.25) is 14.4 Å². The Bertz CT molecular complexity index is 1610. The van der Waals surface area contributed by atoms with E-state index in [1.807, 2.05) is 62.4 Å². The number of hydrogen-bond acceptors (Lipinski definition) is 5. The summed E-state index contributed by atoms with van der Waals surface area (Å²) in [6, 6.07) is 23.0. The zero-order chi connectivity index (χ0) is 26.3. The van der Waals surface area contributed by atoms with E-state index >= 15 is 0 Å². The topological polar surface area (TPSA) is 92.8 Å². The van der Waals surface area contributed by atoms with Gasteiger partial charge in [-0.05, 0) is 79.1 Å². The zero-order valence-corrected chi connectivity index (χ0v) is 20.6. The van der Waals surface area contributed by atoms with E-state index in [0.29, 0.717) is 11.4 Å². The maximum atomic E-state index is 13.2. The summed E-state index contributed by atoms with van der Waals surface area (Å²) in [5.74, 6) is -2.21. The SMILES string of the molecule is Cc1ccc(C)c(N2C(=O)c3ccc(C(=O)O[C@@H](C)C(=O)Nc4ccc5ccccc5c4)cc3C2=O)c1. The molecule has 4 aromatic rings. The van der Waals surface area contributed by atoms with Crippen molar-refractivity contribution in [2.75, 3.05) is 10.2 Å². The molecule has 37 heavy (non-hydrogen) atoms. The summed E-state index contributed by atoms with van der Waals surface area (Å²) in [6.07, 6.45) is -1.09. The molecule has 7 heteroatoms. The minimum absolute atomic E-state index is 0.0769. The molecule has 0 spiro atoms. The van der Waals surface area contributed by atoms with Crippen molar-refractivity contribution < 1.29 is 23.9 Å². The first-order valence-corrected chi connectivity index (χ1v) is 11.8. The van der Waals surface area contributed by atoms with Crippen molar-refractivity contribution in [1.29, 1.82) is 0 Å². The number of rotatable bonds is 5. The van der Waals surface area contributed by atoms with Gasteiger partial charge >= 0.3 is 5.97 Å². The molecule has 3 amide bonds. The summed E-state index contributed by atoms with van der Waals surface area (Å²) < 4.78 is 5.37. The Morgan fingerprint density at radius 3 is 2.32 bits per heavy atom. The van der Waals surface area contributed by atoms with E-state index in [1.54, 1.807) is 12.1 Å². The molecule has 4 aromatic carbocycles. The van der Waals surface area contributed by atoms with Gasteiger partial charge in [0.05, 0.1) is 22.4 Å². The van der Waals surface area contributed by atoms with Crippen LogP contribution in [0.3, 0.4) is 0 Å². The van der Waals surface area contributed by atoms with Crippen LogP contribution < -0.4 is 10.2 Å². The molecule has 1 N–H and O–H groups in total. The third kappa shape index (κ3) is 4.47. The lowest BCUT2D eigenvalue weighted by atomic mass is 10.1. The number of imide groups is 1. The van der Waals surface area contributed by atoms with Gasteiger partial charge in [-0.15, -0.1) is 0 Å². The smallest absolute Gasteiger partial charge is 0.338 e. The molecular weight excluding hydrogens is 468 g/mol. The highest BCUT2D eigenvalue weighted by Gasteiger charge is 2.38. The molecule has 0 aliphatic carbocycles. The predicted molar refractivity (Wildman–Crippen MR) is 141 cm³/mol. The van der Waals surface area contributed by atoms with Crippen LogP contribution in [0.1, 0.15) is 49.1 Å². The van der Waals surface area contributed by atoms with Crippen LogP contribution in [0.25, 0.3) is 10.8 Å². The van der Waals surface area contributed by atoms with Gasteiger partial charge in [0, 0.05) is 5.69 Å². The van der Waals surface area contributed by atoms with Crippen molar-refractivity contribution in [2.45, 2.75) is 26.9 Å². The minimum atomic E-state index is -1.09. The molecular formula is C30H24N2O5. The molecule has 184 valence electrons. The molecule has 0 fully saturated rings. The van der Waals surface area contributed by atoms with E-state index in [1.165, 1.54) is 25.1 Å². The first kappa shape index (κ1) is 23.9. The maximum Gasteiger partial charge on any atom is 0.338 e. The third-order valence-corrected chi connectivity index (χ3v) is 6.40. The summed E-state index contributed by atoms with van der Waals surface area (Å²) in [5, 5.41) is 4.77. The highest BCUT2D eigenvalue weighted by molar-refractivity contribution is 6.35. The van der Waals surface area contributed by atoms with Gasteiger partial charge in [0.2, 0.25) is 0 Å². The predicted octanol–water partition coefficient (Wildman–Crippen LogP) is 5.44. The Morgan fingerprint density at radius 2 is 1.54 bits per heavy atom. The van der Waals surface area contributed by atoms with Gasteiger partial charge in [-0.1, -0.05) is 42.5 Å². The van der Waals surface area contributed by atoms with Crippen molar-refractivity contribution in [3.63, 3.8) is 0 Å². The fourth-order valence-electron chi connectivity index (χ4n) is 4.34. The number of carbonyl (C=O) groups excluding carboxylic acids is 4. The molecule has 0 aromatic heterocycles. The number of hydrogen-bond donors (Lipinski definition) is 1. The van der Waals surface area contributed by atoms with Crippen LogP contribution in [0.15, 0.2) is 78.9 Å². The summed E-state index contributed by atoms with van der Waals surface area (Å²) >= 11 is 0. The summed E-state index contributed by atoms with van der Waals surface area (Å²) in [7, 11) is 0. The number of anilines is 2. The largest absolute Gasteiger partial charge is 0.449 e. The molecule has 1 aliphatic heterocycles. The highest BCUT2D eigenvalue weighted by atomic mass is 16.5. The number of fused-ring (bicyclic) bond motifs is 2. The summed E-state index contributed by atoms with van der Waals surface area (Å²) in [6.45, 7) is 5.18. The van der Waals surface area contributed by atoms with Gasteiger partial charge in [0.15, 0.2) is 6.10 Å². The van der Waals surface area contributed by atoms with Crippen LogP contribution in [-0.2, 0) is 9.53 Å². The fourth-order valence-corrected chi connectivity index (χ4v) is 4.34. The van der Waals surface area contributed by atoms with Gasteiger partial charge < -0.3 is 10.1 Å². The summed E-state index contributed by atoms with van der Waals surface area (Å²) in [5.41, 5.74) is 3.20. The van der Waals surface area contributed by atoms with Crippen molar-refractivity contribution in [3.05, 3.63) is 107 Å². The second kappa shape index (κ2) is 9.35. The third-order valence-electron chi connectivity index (χ3n) is 6.40. The Kier molecular flexibility index (Phi) is 6.05. The van der Waals surface area contributed by atoms with Crippen molar-refractivity contribution in [3.8, 4) is 0 Å². The lowest BCUT2D eigenvalue weighted by Crippen LogP contribution is -2.30. The van der Waals surface area contributed by atoms with Crippen molar-refractivity contribution in [2.24, 2.45) is 0 Å². The molecule has 1 heterocycles. The van der Waals surface area contributed by atoms with Gasteiger partial charge in [-0.2, -0.15) is 0 Å². The second-order valence-electron chi connectivity index (χ2n) is 9.09. The number of esters is 1. The number of nitrogens with one attached hydrogen (secondary N) is 1. The Labute approximate surface area is 213 Å². The van der Waals surface area contributed by atoms with E-state index in [9.17, 15) is 19.2 Å². The van der Waals surface area contributed by atoms with Crippen LogP contribution in [0.2, 0.25) is 0 Å². The maximum absolute atomic E-state index is 13.2. The molecule has 5 rings (SSSR count). The molecule has 0 saturated carbocycles. The number of aryl methyl sites for hydroxylation is 2. The molecule has 0 saturated heterocycles. The van der Waals surface area contributed by atoms with Crippen molar-refractivity contribution >= 4 is 45.8 Å². The van der Waals surface area contributed by atoms with Crippen LogP contribution in [0.4, 0.5) is 11.4 Å². The first-order chi connectivity index (χ1) is 17.7. The van der Waals surface area contributed by atoms with Gasteiger partial charge in [-0.25, -0.2) is 9.69 Å². The quantitative estimate of drug-likeness (QED) is 0.296. The van der Waals surface area contributed by atoms with E-state index in [4.69, 9.17) is 4.74 Å². The average Bonchev–Trinajstić information content (AvgIpc) is 3.14. The lowest BCUT2D eigenvalue weighted by molar-refractivity contribution is -0.123. The summed E-state index contributed by atoms with van der Waals surface area (Å²) in [4.78, 5) is 52.8. The van der Waals surface area contributed by atoms with Crippen LogP contribution >= 0.6 is 0 Å². The highest BCUT2D eigenvalue weighted by Crippen LogP contribution is 2.32. The minimum Gasteiger partial charge on any atom is -0.449 e. The second-order valence-corrected chi connectivity index (χ2v) is 9.09. The van der Waals surface area contributed by atoms with Crippen LogP contribution in [-0.4, -0.2) is 29.8 Å². The lowest BCUT2D eigenvalue weighted by Gasteiger charge is -2.17. The number of benzene rings is 4.